The Labute approximate surface area is 113 Å². The molecule has 0 saturated heterocycles. The number of aliphatic carboxylic acids is 1. The third-order valence-corrected chi connectivity index (χ3v) is 5.01. The zero-order chi connectivity index (χ0) is 15.3. The molecule has 0 aromatic rings. The lowest BCUT2D eigenvalue weighted by molar-refractivity contribution is -0.142. The molecule has 1 atom stereocenters. The molecule has 0 bridgehead atoms. The maximum atomic E-state index is 11.8. The summed E-state index contributed by atoms with van der Waals surface area (Å²) >= 11 is 0. The lowest BCUT2D eigenvalue weighted by Crippen LogP contribution is -2.46. The van der Waals surface area contributed by atoms with Gasteiger partial charge in [-0.1, -0.05) is 0 Å². The summed E-state index contributed by atoms with van der Waals surface area (Å²) in [6.07, 6.45) is 0.0765. The molecule has 112 valence electrons. The van der Waals surface area contributed by atoms with Crippen LogP contribution in [0.15, 0.2) is 0 Å². The van der Waals surface area contributed by atoms with Gasteiger partial charge in [-0.15, -0.1) is 0 Å². The van der Waals surface area contributed by atoms with E-state index in [2.05, 4.69) is 5.32 Å². The number of carboxylic acids is 1. The highest BCUT2D eigenvalue weighted by molar-refractivity contribution is 7.93. The number of methoxy groups -OCH3 is 1. The molecule has 0 aromatic carbocycles. The number of hydrogen-bond acceptors (Lipinski definition) is 5. The number of carboxylic acid groups (broad SMARTS) is 1. The molecule has 19 heavy (non-hydrogen) atoms. The van der Waals surface area contributed by atoms with Gasteiger partial charge < -0.3 is 15.2 Å². The molecule has 7 nitrogen and oxygen atoms in total. The first-order valence-electron chi connectivity index (χ1n) is 5.74. The van der Waals surface area contributed by atoms with E-state index in [9.17, 15) is 18.0 Å². The minimum atomic E-state index is -3.63. The minimum Gasteiger partial charge on any atom is -0.480 e. The van der Waals surface area contributed by atoms with Crippen LogP contribution in [-0.2, 0) is 24.2 Å². The largest absolute Gasteiger partial charge is 0.480 e. The smallest absolute Gasteiger partial charge is 0.326 e. The van der Waals surface area contributed by atoms with E-state index >= 15 is 0 Å². The fourth-order valence-corrected chi connectivity index (χ4v) is 1.98. The van der Waals surface area contributed by atoms with E-state index in [-0.39, 0.29) is 13.0 Å². The molecule has 1 unspecified atom stereocenters. The third kappa shape index (κ3) is 6.02. The summed E-state index contributed by atoms with van der Waals surface area (Å²) in [4.78, 5) is 22.5. The van der Waals surface area contributed by atoms with Gasteiger partial charge in [0.15, 0.2) is 9.84 Å². The number of carbonyl (C=O) groups is 2. The quantitative estimate of drug-likeness (QED) is 0.673. The zero-order valence-electron chi connectivity index (χ0n) is 11.6. The maximum Gasteiger partial charge on any atom is 0.326 e. The number of sulfone groups is 1. The van der Waals surface area contributed by atoms with Crippen molar-refractivity contribution in [2.75, 3.05) is 19.5 Å². The Morgan fingerprint density at radius 3 is 2.21 bits per heavy atom. The molecule has 0 radical (unpaired) electrons. The predicted molar refractivity (Wildman–Crippen MR) is 69.6 cm³/mol. The molecule has 0 aliphatic carbocycles. The average Bonchev–Trinajstić information content (AvgIpc) is 2.21. The highest BCUT2D eigenvalue weighted by Gasteiger charge is 2.32. The molecular formula is C11H21NO6S. The van der Waals surface area contributed by atoms with Crippen molar-refractivity contribution in [3.05, 3.63) is 0 Å². The van der Waals surface area contributed by atoms with Gasteiger partial charge in [0.1, 0.15) is 11.8 Å². The van der Waals surface area contributed by atoms with E-state index in [0.29, 0.717) is 0 Å². The molecule has 0 aromatic heterocycles. The molecule has 0 spiro atoms. The summed E-state index contributed by atoms with van der Waals surface area (Å²) < 4.78 is 27.3. The number of rotatable bonds is 7. The van der Waals surface area contributed by atoms with Crippen LogP contribution < -0.4 is 5.32 Å². The highest BCUT2D eigenvalue weighted by atomic mass is 32.2. The van der Waals surface area contributed by atoms with Gasteiger partial charge >= 0.3 is 5.97 Å². The molecule has 0 aliphatic rings. The lowest BCUT2D eigenvalue weighted by atomic mass is 10.2. The number of carbonyl (C=O) groups excluding carboxylic acids is 1. The summed E-state index contributed by atoms with van der Waals surface area (Å²) in [5.41, 5.74) is 0. The summed E-state index contributed by atoms with van der Waals surface area (Å²) in [7, 11) is -2.22. The lowest BCUT2D eigenvalue weighted by Gasteiger charge is -2.20. The van der Waals surface area contributed by atoms with Crippen molar-refractivity contribution in [2.24, 2.45) is 0 Å². The Kier molecular flexibility index (Phi) is 6.44. The van der Waals surface area contributed by atoms with Gasteiger partial charge in [-0.25, -0.2) is 13.2 Å². The SMILES string of the molecule is COCCC(NC(=O)CS(=O)(=O)C(C)(C)C)C(=O)O. The van der Waals surface area contributed by atoms with Crippen molar-refractivity contribution in [3.63, 3.8) is 0 Å². The number of nitrogens with one attached hydrogen (secondary N) is 1. The second-order valence-electron chi connectivity index (χ2n) is 5.11. The standard InChI is InChI=1S/C11H21NO6S/c1-11(2,3)19(16,17)7-9(13)12-8(10(14)15)5-6-18-4/h8H,5-7H2,1-4H3,(H,12,13)(H,14,15). The van der Waals surface area contributed by atoms with E-state index < -0.39 is 38.3 Å². The monoisotopic (exact) mass is 295 g/mol. The van der Waals surface area contributed by atoms with Crippen LogP contribution >= 0.6 is 0 Å². The van der Waals surface area contributed by atoms with E-state index in [1.54, 1.807) is 0 Å². The Bertz CT molecular complexity index is 423. The molecule has 0 rings (SSSR count). The topological polar surface area (TPSA) is 110 Å². The fourth-order valence-electron chi connectivity index (χ4n) is 1.12. The Morgan fingerprint density at radius 1 is 1.32 bits per heavy atom. The van der Waals surface area contributed by atoms with Gasteiger partial charge in [-0.2, -0.15) is 0 Å². The normalized spacial score (nSPS) is 13.9. The van der Waals surface area contributed by atoms with Gasteiger partial charge in [0.2, 0.25) is 5.91 Å². The van der Waals surface area contributed by atoms with Crippen LogP contribution in [0.25, 0.3) is 0 Å². The molecule has 0 heterocycles. The first-order valence-corrected chi connectivity index (χ1v) is 7.40. The molecule has 8 heteroatoms. The molecule has 1 amide bonds. The number of ether oxygens (including phenoxy) is 1. The molecule has 0 fully saturated rings. The summed E-state index contributed by atoms with van der Waals surface area (Å²) in [5, 5.41) is 11.1. The Hall–Kier alpha value is -1.15. The van der Waals surface area contributed by atoms with Crippen molar-refractivity contribution >= 4 is 21.7 Å². The van der Waals surface area contributed by atoms with Crippen LogP contribution in [0.4, 0.5) is 0 Å². The second kappa shape index (κ2) is 6.85. The van der Waals surface area contributed by atoms with Gasteiger partial charge in [0.05, 0.1) is 4.75 Å². The first-order chi connectivity index (χ1) is 8.51. The summed E-state index contributed by atoms with van der Waals surface area (Å²) in [6, 6.07) is -1.15. The van der Waals surface area contributed by atoms with Crippen molar-refractivity contribution in [1.29, 1.82) is 0 Å². The van der Waals surface area contributed by atoms with E-state index in [1.165, 1.54) is 27.9 Å². The maximum absolute atomic E-state index is 11.8. The van der Waals surface area contributed by atoms with Crippen molar-refractivity contribution < 1.29 is 27.9 Å². The van der Waals surface area contributed by atoms with Crippen LogP contribution in [0.5, 0.6) is 0 Å². The van der Waals surface area contributed by atoms with Gasteiger partial charge in [0.25, 0.3) is 0 Å². The first kappa shape index (κ1) is 17.8. The van der Waals surface area contributed by atoms with Crippen molar-refractivity contribution in [3.8, 4) is 0 Å². The molecule has 0 aliphatic heterocycles. The molecular weight excluding hydrogens is 274 g/mol. The third-order valence-electron chi connectivity index (χ3n) is 2.50. The Balaban J connectivity index is 4.64. The fraction of sp³-hybridized carbons (Fsp3) is 0.818. The van der Waals surface area contributed by atoms with Crippen LogP contribution in [0.3, 0.4) is 0 Å². The summed E-state index contributed by atoms with van der Waals surface area (Å²) in [6.45, 7) is 4.60. The van der Waals surface area contributed by atoms with E-state index in [1.807, 2.05) is 0 Å². The number of amides is 1. The molecule has 0 saturated carbocycles. The van der Waals surface area contributed by atoms with Crippen molar-refractivity contribution in [2.45, 2.75) is 38.0 Å². The highest BCUT2D eigenvalue weighted by Crippen LogP contribution is 2.15. The minimum absolute atomic E-state index is 0.0765. The second-order valence-corrected chi connectivity index (χ2v) is 7.85. The van der Waals surface area contributed by atoms with Crippen LogP contribution in [0.1, 0.15) is 27.2 Å². The van der Waals surface area contributed by atoms with Gasteiger partial charge in [-0.3, -0.25) is 4.79 Å². The van der Waals surface area contributed by atoms with Crippen LogP contribution in [0.2, 0.25) is 0 Å². The van der Waals surface area contributed by atoms with Gasteiger partial charge in [-0.05, 0) is 20.8 Å². The van der Waals surface area contributed by atoms with E-state index in [0.717, 1.165) is 0 Å². The van der Waals surface area contributed by atoms with E-state index in [4.69, 9.17) is 9.84 Å². The van der Waals surface area contributed by atoms with Gasteiger partial charge in [0, 0.05) is 20.1 Å². The number of hydrogen-bond donors (Lipinski definition) is 2. The summed E-state index contributed by atoms with van der Waals surface area (Å²) in [5.74, 6) is -2.77. The zero-order valence-corrected chi connectivity index (χ0v) is 12.4. The average molecular weight is 295 g/mol. The van der Waals surface area contributed by atoms with Crippen LogP contribution in [-0.4, -0.2) is 55.7 Å². The van der Waals surface area contributed by atoms with Crippen LogP contribution in [0, 0.1) is 0 Å². The predicted octanol–water partition coefficient (Wildman–Crippen LogP) is -0.194. The van der Waals surface area contributed by atoms with Crippen molar-refractivity contribution in [1.82, 2.24) is 5.32 Å². The molecule has 2 N–H and O–H groups in total. The Morgan fingerprint density at radius 2 is 1.84 bits per heavy atom.